The number of rotatable bonds is 5. The largest absolute Gasteiger partial charge is 0.507 e. The summed E-state index contributed by atoms with van der Waals surface area (Å²) in [7, 11) is 0. The molecule has 6 nitrogen and oxygen atoms in total. The van der Waals surface area contributed by atoms with E-state index in [-0.39, 0.29) is 28.9 Å². The molecule has 0 fully saturated rings. The number of hydrogen-bond donors (Lipinski definition) is 4. The predicted octanol–water partition coefficient (Wildman–Crippen LogP) is 2.86. The molecule has 24 heavy (non-hydrogen) atoms. The van der Waals surface area contributed by atoms with E-state index in [4.69, 9.17) is 5.73 Å². The van der Waals surface area contributed by atoms with E-state index >= 15 is 0 Å². The summed E-state index contributed by atoms with van der Waals surface area (Å²) in [4.78, 5) is 8.97. The quantitative estimate of drug-likeness (QED) is 0.575. The van der Waals surface area contributed by atoms with Gasteiger partial charge in [0.05, 0.1) is 5.52 Å². The van der Waals surface area contributed by atoms with Gasteiger partial charge in [-0.3, -0.25) is 0 Å². The van der Waals surface area contributed by atoms with Gasteiger partial charge < -0.3 is 21.3 Å². The molecule has 0 aliphatic rings. The summed E-state index contributed by atoms with van der Waals surface area (Å²) < 4.78 is 0. The number of anilines is 1. The molecule has 1 heterocycles. The lowest BCUT2D eigenvalue weighted by molar-refractivity contribution is 0.453. The van der Waals surface area contributed by atoms with Gasteiger partial charge in [-0.2, -0.15) is 0 Å². The summed E-state index contributed by atoms with van der Waals surface area (Å²) >= 11 is 0. The lowest BCUT2D eigenvalue weighted by Crippen LogP contribution is -2.28. The lowest BCUT2D eigenvalue weighted by atomic mass is 10.1. The molecule has 0 spiro atoms. The second-order valence-electron chi connectivity index (χ2n) is 5.63. The smallest absolute Gasteiger partial charge is 0.169 e. The van der Waals surface area contributed by atoms with Crippen LogP contribution in [-0.2, 0) is 0 Å². The fraction of sp³-hybridized carbons (Fsp3) is 0.222. The maximum absolute atomic E-state index is 10.1. The van der Waals surface area contributed by atoms with Gasteiger partial charge in [0.1, 0.15) is 22.9 Å². The van der Waals surface area contributed by atoms with E-state index in [1.165, 1.54) is 12.1 Å². The Kier molecular flexibility index (Phi) is 4.48. The summed E-state index contributed by atoms with van der Waals surface area (Å²) in [6.45, 7) is 2.60. The third-order valence-electron chi connectivity index (χ3n) is 3.90. The minimum absolute atomic E-state index is 0.0145. The molecule has 3 aromatic rings. The summed E-state index contributed by atoms with van der Waals surface area (Å²) in [6.07, 6.45) is 0.850. The first kappa shape index (κ1) is 16.0. The molecule has 0 amide bonds. The van der Waals surface area contributed by atoms with E-state index in [1.807, 2.05) is 31.2 Å². The van der Waals surface area contributed by atoms with Crippen molar-refractivity contribution in [2.75, 3.05) is 11.9 Å². The van der Waals surface area contributed by atoms with E-state index in [2.05, 4.69) is 15.3 Å². The van der Waals surface area contributed by atoms with Crippen LogP contribution in [0.4, 0.5) is 5.82 Å². The van der Waals surface area contributed by atoms with Crippen LogP contribution >= 0.6 is 0 Å². The van der Waals surface area contributed by atoms with E-state index in [0.29, 0.717) is 12.4 Å². The molecule has 5 N–H and O–H groups in total. The van der Waals surface area contributed by atoms with Gasteiger partial charge in [-0.15, -0.1) is 0 Å². The zero-order chi connectivity index (χ0) is 17.1. The molecule has 0 aliphatic heterocycles. The summed E-state index contributed by atoms with van der Waals surface area (Å²) in [6, 6.07) is 12.1. The van der Waals surface area contributed by atoms with Crippen molar-refractivity contribution in [2.24, 2.45) is 5.73 Å². The number of phenolic OH excluding ortho intramolecular Hbond substituents is 2. The molecule has 3 rings (SSSR count). The van der Waals surface area contributed by atoms with Crippen molar-refractivity contribution >= 4 is 16.7 Å². The number of para-hydroxylation sites is 1. The average molecular weight is 324 g/mol. The first-order valence-electron chi connectivity index (χ1n) is 7.87. The van der Waals surface area contributed by atoms with Crippen molar-refractivity contribution < 1.29 is 10.2 Å². The molecular weight excluding hydrogens is 304 g/mol. The maximum Gasteiger partial charge on any atom is 0.169 e. The monoisotopic (exact) mass is 324 g/mol. The fourth-order valence-corrected chi connectivity index (χ4v) is 2.45. The van der Waals surface area contributed by atoms with Crippen molar-refractivity contribution in [1.82, 2.24) is 9.97 Å². The number of nitrogens with two attached hydrogens (primary N) is 1. The summed E-state index contributed by atoms with van der Waals surface area (Å²) in [5.74, 6) is 0.752. The normalized spacial score (nSPS) is 12.2. The Labute approximate surface area is 140 Å². The zero-order valence-corrected chi connectivity index (χ0v) is 13.4. The number of aromatic nitrogens is 2. The minimum atomic E-state index is -0.0681. The van der Waals surface area contributed by atoms with Crippen molar-refractivity contribution in [2.45, 2.75) is 19.4 Å². The molecule has 0 unspecified atom stereocenters. The van der Waals surface area contributed by atoms with Gasteiger partial charge >= 0.3 is 0 Å². The van der Waals surface area contributed by atoms with Crippen LogP contribution in [0, 0.1) is 0 Å². The van der Waals surface area contributed by atoms with E-state index in [9.17, 15) is 10.2 Å². The van der Waals surface area contributed by atoms with Crippen LogP contribution in [0.2, 0.25) is 0 Å². The number of nitrogens with zero attached hydrogens (tertiary/aromatic N) is 2. The second kappa shape index (κ2) is 6.72. The number of nitrogens with one attached hydrogen (secondary N) is 1. The molecular formula is C18H20N4O2. The highest BCUT2D eigenvalue weighted by molar-refractivity contribution is 5.91. The minimum Gasteiger partial charge on any atom is -0.507 e. The topological polar surface area (TPSA) is 104 Å². The molecule has 0 saturated carbocycles. The van der Waals surface area contributed by atoms with Gasteiger partial charge in [-0.05, 0) is 30.7 Å². The third-order valence-corrected chi connectivity index (χ3v) is 3.90. The molecule has 0 radical (unpaired) electrons. The van der Waals surface area contributed by atoms with Crippen LogP contribution in [0.3, 0.4) is 0 Å². The summed E-state index contributed by atoms with van der Waals surface area (Å²) in [5, 5.41) is 24.3. The first-order chi connectivity index (χ1) is 11.6. The number of benzene rings is 2. The number of phenols is 2. The van der Waals surface area contributed by atoms with Gasteiger partial charge in [0, 0.05) is 18.0 Å². The number of fused-ring (bicyclic) bond motifs is 1. The first-order valence-corrected chi connectivity index (χ1v) is 7.87. The standard InChI is InChI=1S/C18H20N4O2/c1-2-11(19)10-20-17-12-6-3-4-7-13(12)21-18(22-17)16-14(23)8-5-9-15(16)24/h3-9,11,23-24H,2,10,19H2,1H3,(H,20,21,22)/t11-/m0/s1. The van der Waals surface area contributed by atoms with Crippen molar-refractivity contribution in [3.63, 3.8) is 0 Å². The maximum atomic E-state index is 10.1. The number of aromatic hydroxyl groups is 2. The Hall–Kier alpha value is -2.86. The highest BCUT2D eigenvalue weighted by atomic mass is 16.3. The Bertz CT molecular complexity index is 847. The van der Waals surface area contributed by atoms with Crippen LogP contribution < -0.4 is 11.1 Å². The molecule has 1 aromatic heterocycles. The third kappa shape index (κ3) is 3.09. The highest BCUT2D eigenvalue weighted by Gasteiger charge is 2.16. The van der Waals surface area contributed by atoms with Crippen LogP contribution in [0.5, 0.6) is 11.5 Å². The zero-order valence-electron chi connectivity index (χ0n) is 13.4. The molecule has 6 heteroatoms. The average Bonchev–Trinajstić information content (AvgIpc) is 2.59. The number of hydrogen-bond acceptors (Lipinski definition) is 6. The Morgan fingerprint density at radius 1 is 1.04 bits per heavy atom. The molecule has 0 aliphatic carbocycles. The van der Waals surface area contributed by atoms with Crippen LogP contribution in [-0.4, -0.2) is 32.8 Å². The lowest BCUT2D eigenvalue weighted by Gasteiger charge is -2.14. The van der Waals surface area contributed by atoms with Gasteiger partial charge in [0.25, 0.3) is 0 Å². The predicted molar refractivity (Wildman–Crippen MR) is 95.1 cm³/mol. The molecule has 2 aromatic carbocycles. The van der Waals surface area contributed by atoms with Gasteiger partial charge in [0.2, 0.25) is 0 Å². The van der Waals surface area contributed by atoms with E-state index in [1.54, 1.807) is 6.07 Å². The van der Waals surface area contributed by atoms with E-state index < -0.39 is 0 Å². The Morgan fingerprint density at radius 2 is 1.75 bits per heavy atom. The van der Waals surface area contributed by atoms with Gasteiger partial charge in [-0.1, -0.05) is 25.1 Å². The van der Waals surface area contributed by atoms with Gasteiger partial charge in [0.15, 0.2) is 5.82 Å². The van der Waals surface area contributed by atoms with Gasteiger partial charge in [-0.25, -0.2) is 9.97 Å². The van der Waals surface area contributed by atoms with Crippen LogP contribution in [0.15, 0.2) is 42.5 Å². The molecule has 0 bridgehead atoms. The SMILES string of the molecule is CC[C@H](N)CNc1nc(-c2c(O)cccc2O)nc2ccccc12. The van der Waals surface area contributed by atoms with Crippen molar-refractivity contribution in [1.29, 1.82) is 0 Å². The molecule has 0 saturated heterocycles. The second-order valence-corrected chi connectivity index (χ2v) is 5.63. The highest BCUT2D eigenvalue weighted by Crippen LogP contribution is 2.36. The van der Waals surface area contributed by atoms with Crippen LogP contribution in [0.1, 0.15) is 13.3 Å². The van der Waals surface area contributed by atoms with Crippen LogP contribution in [0.25, 0.3) is 22.3 Å². The Balaban J connectivity index is 2.13. The molecule has 124 valence electrons. The van der Waals surface area contributed by atoms with Crippen molar-refractivity contribution in [3.8, 4) is 22.9 Å². The summed E-state index contributed by atoms with van der Waals surface area (Å²) in [5.41, 5.74) is 6.91. The van der Waals surface area contributed by atoms with Crippen molar-refractivity contribution in [3.05, 3.63) is 42.5 Å². The Morgan fingerprint density at radius 3 is 2.46 bits per heavy atom. The molecule has 1 atom stereocenters. The fourth-order valence-electron chi connectivity index (χ4n) is 2.45. The van der Waals surface area contributed by atoms with E-state index in [0.717, 1.165) is 17.3 Å².